The summed E-state index contributed by atoms with van der Waals surface area (Å²) >= 11 is 0. The number of anilines is 2. The molecule has 0 saturated heterocycles. The molecule has 0 radical (unpaired) electrons. The van der Waals surface area contributed by atoms with Crippen molar-refractivity contribution in [2.75, 3.05) is 37.5 Å². The van der Waals surface area contributed by atoms with E-state index in [1.54, 1.807) is 13.2 Å². The van der Waals surface area contributed by atoms with Crippen molar-refractivity contribution in [2.45, 2.75) is 13.8 Å². The summed E-state index contributed by atoms with van der Waals surface area (Å²) in [6, 6.07) is 13.4. The Kier molecular flexibility index (Phi) is 6.63. The van der Waals surface area contributed by atoms with Crippen molar-refractivity contribution in [3.8, 4) is 5.75 Å². The Morgan fingerprint density at radius 3 is 2.71 bits per heavy atom. The van der Waals surface area contributed by atoms with E-state index in [1.807, 2.05) is 44.2 Å². The van der Waals surface area contributed by atoms with Crippen LogP contribution in [0.5, 0.6) is 5.75 Å². The van der Waals surface area contributed by atoms with Crippen molar-refractivity contribution in [1.82, 2.24) is 0 Å². The highest BCUT2D eigenvalue weighted by Gasteiger charge is 2.05. The molecule has 0 atom stereocenters. The summed E-state index contributed by atoms with van der Waals surface area (Å²) < 4.78 is 10.5. The van der Waals surface area contributed by atoms with Gasteiger partial charge in [0, 0.05) is 24.6 Å². The minimum atomic E-state index is -0.107. The Bertz CT molecular complexity index is 686. The molecule has 0 bridgehead atoms. The topological polar surface area (TPSA) is 59.6 Å². The minimum absolute atomic E-state index is 0.107. The Hall–Kier alpha value is -2.53. The first-order valence-electron chi connectivity index (χ1n) is 7.91. The lowest BCUT2D eigenvalue weighted by Gasteiger charge is -2.12. The number of rotatable bonds is 8. The maximum Gasteiger partial charge on any atom is 0.243 e. The fraction of sp³-hybridized carbons (Fsp3) is 0.316. The third-order valence-electron chi connectivity index (χ3n) is 3.51. The van der Waals surface area contributed by atoms with Crippen LogP contribution in [0.3, 0.4) is 0 Å². The zero-order chi connectivity index (χ0) is 17.4. The quantitative estimate of drug-likeness (QED) is 0.729. The van der Waals surface area contributed by atoms with Gasteiger partial charge in [-0.2, -0.15) is 0 Å². The second-order valence-electron chi connectivity index (χ2n) is 5.59. The van der Waals surface area contributed by atoms with Gasteiger partial charge in [0.05, 0.1) is 13.2 Å². The van der Waals surface area contributed by atoms with Gasteiger partial charge in [0.25, 0.3) is 0 Å². The van der Waals surface area contributed by atoms with E-state index in [4.69, 9.17) is 9.47 Å². The number of nitrogens with one attached hydrogen (secondary N) is 2. The number of aryl methyl sites for hydroxylation is 2. The maximum atomic E-state index is 12.1. The molecule has 2 rings (SSSR count). The van der Waals surface area contributed by atoms with Crippen molar-refractivity contribution < 1.29 is 14.3 Å². The van der Waals surface area contributed by atoms with Crippen LogP contribution in [0.4, 0.5) is 11.4 Å². The van der Waals surface area contributed by atoms with Crippen LogP contribution in [0.1, 0.15) is 11.1 Å². The molecule has 2 N–H and O–H groups in total. The summed E-state index contributed by atoms with van der Waals surface area (Å²) in [5.41, 5.74) is 3.95. The highest BCUT2D eigenvalue weighted by atomic mass is 16.5. The predicted octanol–water partition coefficient (Wildman–Crippen LogP) is 3.38. The monoisotopic (exact) mass is 328 g/mol. The molecule has 0 heterocycles. The largest absolute Gasteiger partial charge is 0.491 e. The van der Waals surface area contributed by atoms with Crippen LogP contribution in [0.2, 0.25) is 0 Å². The number of carbonyl (C=O) groups is 1. The van der Waals surface area contributed by atoms with E-state index in [2.05, 4.69) is 16.7 Å². The molecule has 0 spiro atoms. The number of methoxy groups -OCH3 is 1. The second-order valence-corrected chi connectivity index (χ2v) is 5.59. The van der Waals surface area contributed by atoms with Crippen LogP contribution in [-0.2, 0) is 9.53 Å². The molecule has 1 amide bonds. The molecule has 0 aromatic heterocycles. The summed E-state index contributed by atoms with van der Waals surface area (Å²) in [5, 5.41) is 6.03. The van der Waals surface area contributed by atoms with Crippen LogP contribution in [-0.4, -0.2) is 32.8 Å². The average Bonchev–Trinajstić information content (AvgIpc) is 2.56. The van der Waals surface area contributed by atoms with Gasteiger partial charge in [-0.1, -0.05) is 18.2 Å². The van der Waals surface area contributed by atoms with Crippen LogP contribution in [0.15, 0.2) is 42.5 Å². The SMILES string of the molecule is COCCOc1cccc(NC(=O)CNc2cc(C)ccc2C)c1. The van der Waals surface area contributed by atoms with Gasteiger partial charge in [-0.25, -0.2) is 0 Å². The maximum absolute atomic E-state index is 12.1. The minimum Gasteiger partial charge on any atom is -0.491 e. The Labute approximate surface area is 143 Å². The zero-order valence-electron chi connectivity index (χ0n) is 14.4. The third-order valence-corrected chi connectivity index (χ3v) is 3.51. The van der Waals surface area contributed by atoms with Crippen molar-refractivity contribution in [3.05, 3.63) is 53.6 Å². The summed E-state index contributed by atoms with van der Waals surface area (Å²) in [6.45, 7) is 5.25. The van der Waals surface area contributed by atoms with Crippen molar-refractivity contribution in [1.29, 1.82) is 0 Å². The summed E-state index contributed by atoms with van der Waals surface area (Å²) in [4.78, 5) is 12.1. The van der Waals surface area contributed by atoms with E-state index >= 15 is 0 Å². The van der Waals surface area contributed by atoms with Gasteiger partial charge in [0.2, 0.25) is 5.91 Å². The normalized spacial score (nSPS) is 10.3. The van der Waals surface area contributed by atoms with E-state index in [0.29, 0.717) is 24.7 Å². The highest BCUT2D eigenvalue weighted by molar-refractivity contribution is 5.94. The van der Waals surface area contributed by atoms with Crippen LogP contribution >= 0.6 is 0 Å². The Morgan fingerprint density at radius 1 is 1.08 bits per heavy atom. The lowest BCUT2D eigenvalue weighted by molar-refractivity contribution is -0.114. The number of carbonyl (C=O) groups excluding carboxylic acids is 1. The summed E-state index contributed by atoms with van der Waals surface area (Å²) in [6.07, 6.45) is 0. The molecule has 0 fully saturated rings. The molecule has 24 heavy (non-hydrogen) atoms. The van der Waals surface area contributed by atoms with Crippen molar-refractivity contribution in [2.24, 2.45) is 0 Å². The molecule has 2 aromatic rings. The van der Waals surface area contributed by atoms with Gasteiger partial charge in [0.15, 0.2) is 0 Å². The fourth-order valence-electron chi connectivity index (χ4n) is 2.21. The number of benzene rings is 2. The molecule has 5 heteroatoms. The van der Waals surface area contributed by atoms with Gasteiger partial charge in [-0.3, -0.25) is 4.79 Å². The van der Waals surface area contributed by atoms with E-state index in [0.717, 1.165) is 16.8 Å². The first kappa shape index (κ1) is 17.8. The molecule has 0 unspecified atom stereocenters. The molecular weight excluding hydrogens is 304 g/mol. The summed E-state index contributed by atoms with van der Waals surface area (Å²) in [7, 11) is 1.63. The van der Waals surface area contributed by atoms with Gasteiger partial charge in [-0.05, 0) is 43.2 Å². The van der Waals surface area contributed by atoms with Crippen molar-refractivity contribution >= 4 is 17.3 Å². The van der Waals surface area contributed by atoms with Crippen LogP contribution < -0.4 is 15.4 Å². The lowest BCUT2D eigenvalue weighted by atomic mass is 10.1. The first-order chi connectivity index (χ1) is 11.6. The van der Waals surface area contributed by atoms with Crippen molar-refractivity contribution in [3.63, 3.8) is 0 Å². The number of hydrogen-bond donors (Lipinski definition) is 2. The molecule has 2 aromatic carbocycles. The Balaban J connectivity index is 1.88. The molecule has 0 aliphatic carbocycles. The lowest BCUT2D eigenvalue weighted by Crippen LogP contribution is -2.22. The fourth-order valence-corrected chi connectivity index (χ4v) is 2.21. The molecule has 5 nitrogen and oxygen atoms in total. The van der Waals surface area contributed by atoms with Crippen LogP contribution in [0, 0.1) is 13.8 Å². The van der Waals surface area contributed by atoms with Gasteiger partial charge >= 0.3 is 0 Å². The molecule has 0 aliphatic heterocycles. The van der Waals surface area contributed by atoms with Gasteiger partial charge < -0.3 is 20.1 Å². The molecule has 128 valence electrons. The first-order valence-corrected chi connectivity index (χ1v) is 7.91. The number of ether oxygens (including phenoxy) is 2. The second kappa shape index (κ2) is 8.93. The smallest absolute Gasteiger partial charge is 0.243 e. The van der Waals surface area contributed by atoms with E-state index in [9.17, 15) is 4.79 Å². The molecule has 0 aliphatic rings. The number of amides is 1. The Morgan fingerprint density at radius 2 is 1.92 bits per heavy atom. The summed E-state index contributed by atoms with van der Waals surface area (Å²) in [5.74, 6) is 0.595. The third kappa shape index (κ3) is 5.59. The molecular formula is C19H24N2O3. The highest BCUT2D eigenvalue weighted by Crippen LogP contribution is 2.18. The zero-order valence-corrected chi connectivity index (χ0v) is 14.4. The standard InChI is InChI=1S/C19H24N2O3/c1-14-7-8-15(2)18(11-14)20-13-19(22)21-16-5-4-6-17(12-16)24-10-9-23-3/h4-8,11-12,20H,9-10,13H2,1-3H3,(H,21,22). The van der Waals surface area contributed by atoms with E-state index in [-0.39, 0.29) is 12.5 Å². The van der Waals surface area contributed by atoms with Gasteiger partial charge in [-0.15, -0.1) is 0 Å². The van der Waals surface area contributed by atoms with Crippen LogP contribution in [0.25, 0.3) is 0 Å². The number of hydrogen-bond acceptors (Lipinski definition) is 4. The average molecular weight is 328 g/mol. The van der Waals surface area contributed by atoms with E-state index in [1.165, 1.54) is 0 Å². The van der Waals surface area contributed by atoms with E-state index < -0.39 is 0 Å². The van der Waals surface area contributed by atoms with Gasteiger partial charge in [0.1, 0.15) is 12.4 Å². The molecule has 0 saturated carbocycles. The predicted molar refractivity (Wildman–Crippen MR) is 96.8 cm³/mol.